The number of carbonyl (C=O) groups is 2. The smallest absolute Gasteiger partial charge is 0.414 e. The first-order valence-electron chi connectivity index (χ1n) is 12.8. The third-order valence-corrected chi connectivity index (χ3v) is 7.39. The second-order valence-corrected chi connectivity index (χ2v) is 10.9. The number of carbonyl (C=O) groups excluding carboxylic acids is 2. The largest absolute Gasteiger partial charge is 0.443 e. The van der Waals surface area contributed by atoms with Crippen molar-refractivity contribution in [1.29, 1.82) is 0 Å². The Hall–Kier alpha value is -3.60. The van der Waals surface area contributed by atoms with Crippen LogP contribution in [-0.4, -0.2) is 42.1 Å². The van der Waals surface area contributed by atoms with Gasteiger partial charge in [0.1, 0.15) is 5.60 Å². The Morgan fingerprint density at radius 3 is 1.89 bits per heavy atom. The molecule has 0 saturated carbocycles. The van der Waals surface area contributed by atoms with Gasteiger partial charge in [0.15, 0.2) is 0 Å². The third-order valence-electron chi connectivity index (χ3n) is 7.39. The van der Waals surface area contributed by atoms with E-state index in [1.807, 2.05) is 105 Å². The Morgan fingerprint density at radius 1 is 0.806 bits per heavy atom. The molecule has 2 aliphatic heterocycles. The quantitative estimate of drug-likeness (QED) is 0.451. The number of amides is 2. The highest BCUT2D eigenvalue weighted by atomic mass is 16.6. The lowest BCUT2D eigenvalue weighted by atomic mass is 9.74. The lowest BCUT2D eigenvalue weighted by Crippen LogP contribution is -2.49. The van der Waals surface area contributed by atoms with Gasteiger partial charge in [-0.1, -0.05) is 78.9 Å². The molecule has 5 heteroatoms. The minimum absolute atomic E-state index is 0.137. The van der Waals surface area contributed by atoms with Gasteiger partial charge in [-0.05, 0) is 56.4 Å². The molecule has 2 aliphatic rings. The highest BCUT2D eigenvalue weighted by molar-refractivity contribution is 5.92. The molecule has 1 spiro atoms. The topological polar surface area (TPSA) is 49.9 Å². The summed E-state index contributed by atoms with van der Waals surface area (Å²) >= 11 is 0. The summed E-state index contributed by atoms with van der Waals surface area (Å²) in [5.74, 6) is -0.187. The number of rotatable bonds is 3. The van der Waals surface area contributed by atoms with Crippen LogP contribution in [0.1, 0.15) is 56.2 Å². The molecule has 1 fully saturated rings. The molecule has 0 bridgehead atoms. The van der Waals surface area contributed by atoms with Crippen molar-refractivity contribution in [3.63, 3.8) is 0 Å². The molecule has 186 valence electrons. The number of hydrogen-bond donors (Lipinski definition) is 0. The van der Waals surface area contributed by atoms with E-state index < -0.39 is 5.60 Å². The number of piperidine rings is 1. The molecule has 3 aromatic rings. The summed E-state index contributed by atoms with van der Waals surface area (Å²) < 4.78 is 5.72. The summed E-state index contributed by atoms with van der Waals surface area (Å²) in [5.41, 5.74) is 3.41. The molecule has 0 unspecified atom stereocenters. The summed E-state index contributed by atoms with van der Waals surface area (Å²) in [7, 11) is 0. The number of likely N-dealkylation sites (tertiary alicyclic amines) is 1. The summed E-state index contributed by atoms with van der Waals surface area (Å²) in [6.45, 7) is 7.58. The maximum atomic E-state index is 13.9. The monoisotopic (exact) mass is 482 g/mol. The van der Waals surface area contributed by atoms with E-state index in [-0.39, 0.29) is 23.3 Å². The predicted molar refractivity (Wildman–Crippen MR) is 142 cm³/mol. The van der Waals surface area contributed by atoms with Crippen molar-refractivity contribution in [3.8, 4) is 0 Å². The molecule has 2 amide bonds. The Balaban J connectivity index is 1.37. The molecule has 5 rings (SSSR count). The van der Waals surface area contributed by atoms with Gasteiger partial charge in [0, 0.05) is 25.0 Å². The zero-order valence-corrected chi connectivity index (χ0v) is 21.3. The Kier molecular flexibility index (Phi) is 6.33. The number of anilines is 1. The second kappa shape index (κ2) is 9.45. The van der Waals surface area contributed by atoms with Crippen molar-refractivity contribution < 1.29 is 14.3 Å². The zero-order chi connectivity index (χ0) is 25.3. The van der Waals surface area contributed by atoms with Crippen LogP contribution in [-0.2, 0) is 14.9 Å². The van der Waals surface area contributed by atoms with Crippen LogP contribution >= 0.6 is 0 Å². The van der Waals surface area contributed by atoms with Crippen LogP contribution in [0, 0.1) is 0 Å². The lowest BCUT2D eigenvalue weighted by Gasteiger charge is -2.41. The van der Waals surface area contributed by atoms with E-state index in [9.17, 15) is 9.59 Å². The fraction of sp³-hybridized carbons (Fsp3) is 0.355. The molecule has 0 aromatic heterocycles. The standard InChI is InChI=1S/C31H34N2O3/c1-30(2,3)36-29(35)33-22-31(25-16-10-11-17-26(25)33)18-20-32(21-19-31)28(34)27(23-12-6-4-7-13-23)24-14-8-5-9-15-24/h4-17,27H,18-22H2,1-3H3. The van der Waals surface area contributed by atoms with E-state index >= 15 is 0 Å². The SMILES string of the molecule is CC(C)(C)OC(=O)N1CC2(CCN(C(=O)C(c3ccccc3)c3ccccc3)CC2)c2ccccc21. The maximum Gasteiger partial charge on any atom is 0.414 e. The van der Waals surface area contributed by atoms with E-state index in [0.29, 0.717) is 19.6 Å². The van der Waals surface area contributed by atoms with Gasteiger partial charge >= 0.3 is 6.09 Å². The van der Waals surface area contributed by atoms with Crippen LogP contribution in [0.3, 0.4) is 0 Å². The van der Waals surface area contributed by atoms with Crippen molar-refractivity contribution in [3.05, 3.63) is 102 Å². The normalized spacial score (nSPS) is 16.8. The lowest BCUT2D eigenvalue weighted by molar-refractivity contribution is -0.133. The minimum atomic E-state index is -0.554. The van der Waals surface area contributed by atoms with Gasteiger partial charge in [-0.25, -0.2) is 4.79 Å². The number of benzene rings is 3. The van der Waals surface area contributed by atoms with Gasteiger partial charge in [-0.15, -0.1) is 0 Å². The van der Waals surface area contributed by atoms with Gasteiger partial charge in [0.05, 0.1) is 11.6 Å². The predicted octanol–water partition coefficient (Wildman–Crippen LogP) is 6.13. The summed E-state index contributed by atoms with van der Waals surface area (Å²) in [6, 6.07) is 28.2. The van der Waals surface area contributed by atoms with Crippen LogP contribution in [0.4, 0.5) is 10.5 Å². The molecular weight excluding hydrogens is 448 g/mol. The fourth-order valence-corrected chi connectivity index (χ4v) is 5.64. The molecule has 3 aromatic carbocycles. The first kappa shape index (κ1) is 24.1. The highest BCUT2D eigenvalue weighted by Gasteiger charge is 2.48. The van der Waals surface area contributed by atoms with Crippen LogP contribution < -0.4 is 4.90 Å². The average molecular weight is 483 g/mol. The van der Waals surface area contributed by atoms with Gasteiger partial charge in [0.25, 0.3) is 0 Å². The summed E-state index contributed by atoms with van der Waals surface area (Å²) in [6.07, 6.45) is 1.31. The van der Waals surface area contributed by atoms with Crippen LogP contribution in [0.15, 0.2) is 84.9 Å². The number of para-hydroxylation sites is 1. The number of nitrogens with zero attached hydrogens (tertiary/aromatic N) is 2. The van der Waals surface area contributed by atoms with Crippen LogP contribution in [0.2, 0.25) is 0 Å². The Bertz CT molecular complexity index is 1190. The first-order valence-corrected chi connectivity index (χ1v) is 12.8. The molecule has 36 heavy (non-hydrogen) atoms. The molecule has 5 nitrogen and oxygen atoms in total. The van der Waals surface area contributed by atoms with Crippen molar-refractivity contribution in [2.45, 2.75) is 50.5 Å². The molecule has 0 N–H and O–H groups in total. The summed E-state index contributed by atoms with van der Waals surface area (Å²) in [4.78, 5) is 30.8. The van der Waals surface area contributed by atoms with Crippen LogP contribution in [0.25, 0.3) is 0 Å². The first-order chi connectivity index (χ1) is 17.3. The fourth-order valence-electron chi connectivity index (χ4n) is 5.64. The van der Waals surface area contributed by atoms with Gasteiger partial charge < -0.3 is 9.64 Å². The minimum Gasteiger partial charge on any atom is -0.443 e. The molecule has 0 radical (unpaired) electrons. The highest BCUT2D eigenvalue weighted by Crippen LogP contribution is 2.47. The third kappa shape index (κ3) is 4.62. The molecule has 0 aliphatic carbocycles. The summed E-state index contributed by atoms with van der Waals surface area (Å²) in [5, 5.41) is 0. The van der Waals surface area contributed by atoms with Gasteiger partial charge in [-0.3, -0.25) is 9.69 Å². The van der Waals surface area contributed by atoms with Gasteiger partial charge in [-0.2, -0.15) is 0 Å². The van der Waals surface area contributed by atoms with E-state index in [4.69, 9.17) is 4.74 Å². The Labute approximate surface area is 213 Å². The number of fused-ring (bicyclic) bond motifs is 2. The van der Waals surface area contributed by atoms with Crippen molar-refractivity contribution >= 4 is 17.7 Å². The van der Waals surface area contributed by atoms with E-state index in [2.05, 4.69) is 6.07 Å². The molecule has 1 saturated heterocycles. The van der Waals surface area contributed by atoms with E-state index in [1.54, 1.807) is 4.90 Å². The maximum absolute atomic E-state index is 13.9. The second-order valence-electron chi connectivity index (χ2n) is 10.9. The number of ether oxygens (including phenoxy) is 1. The van der Waals surface area contributed by atoms with Crippen LogP contribution in [0.5, 0.6) is 0 Å². The zero-order valence-electron chi connectivity index (χ0n) is 21.3. The molecule has 2 heterocycles. The van der Waals surface area contributed by atoms with E-state index in [1.165, 1.54) is 5.56 Å². The van der Waals surface area contributed by atoms with Gasteiger partial charge in [0.2, 0.25) is 5.91 Å². The van der Waals surface area contributed by atoms with Crippen molar-refractivity contribution in [2.24, 2.45) is 0 Å². The molecule has 0 atom stereocenters. The van der Waals surface area contributed by atoms with E-state index in [0.717, 1.165) is 29.7 Å². The average Bonchev–Trinajstić information content (AvgIpc) is 3.19. The number of hydrogen-bond acceptors (Lipinski definition) is 3. The van der Waals surface area contributed by atoms with Crippen molar-refractivity contribution in [2.75, 3.05) is 24.5 Å². The Morgan fingerprint density at radius 2 is 1.33 bits per heavy atom. The van der Waals surface area contributed by atoms with Crippen molar-refractivity contribution in [1.82, 2.24) is 4.90 Å². The molecular formula is C31H34N2O3.